The zero-order valence-corrected chi connectivity index (χ0v) is 8.90. The lowest BCUT2D eigenvalue weighted by molar-refractivity contribution is 0.199. The first kappa shape index (κ1) is 10.7. The monoisotopic (exact) mass is 199 g/mol. The third kappa shape index (κ3) is 5.03. The Labute approximate surface area is 83.9 Å². The molecule has 0 spiro atoms. The summed E-state index contributed by atoms with van der Waals surface area (Å²) in [6.07, 6.45) is 2.39. The summed E-state index contributed by atoms with van der Waals surface area (Å²) in [4.78, 5) is 0. The maximum absolute atomic E-state index is 4.93. The molecule has 0 fully saturated rings. The average molecular weight is 199 g/mol. The van der Waals surface area contributed by atoms with Gasteiger partial charge in [-0.05, 0) is 41.8 Å². The molecule has 74 valence electrons. The van der Waals surface area contributed by atoms with Crippen molar-refractivity contribution in [1.82, 2.24) is 5.32 Å². The second kappa shape index (κ2) is 7.06. The van der Waals surface area contributed by atoms with Gasteiger partial charge in [0.15, 0.2) is 0 Å². The normalized spacial score (nSPS) is 10.5. The second-order valence-corrected chi connectivity index (χ2v) is 3.76. The first-order valence-electron chi connectivity index (χ1n) is 4.64. The first-order valence-corrected chi connectivity index (χ1v) is 5.58. The van der Waals surface area contributed by atoms with E-state index in [0.29, 0.717) is 0 Å². The molecule has 2 nitrogen and oxygen atoms in total. The molecule has 0 atom stereocenters. The number of ether oxygens (including phenoxy) is 1. The lowest BCUT2D eigenvalue weighted by atomic mass is 10.2. The van der Waals surface area contributed by atoms with Crippen LogP contribution in [0.25, 0.3) is 0 Å². The number of thiophene rings is 1. The second-order valence-electron chi connectivity index (χ2n) is 2.98. The lowest BCUT2D eigenvalue weighted by Crippen LogP contribution is -2.20. The molecular weight excluding hydrogens is 182 g/mol. The van der Waals surface area contributed by atoms with Gasteiger partial charge in [-0.15, -0.1) is 0 Å². The lowest BCUT2D eigenvalue weighted by Gasteiger charge is -2.02. The van der Waals surface area contributed by atoms with Gasteiger partial charge < -0.3 is 10.1 Å². The zero-order chi connectivity index (χ0) is 9.36. The highest BCUT2D eigenvalue weighted by Crippen LogP contribution is 2.07. The summed E-state index contributed by atoms with van der Waals surface area (Å²) < 4.78 is 4.93. The number of nitrogens with one attached hydrogen (secondary N) is 1. The van der Waals surface area contributed by atoms with Gasteiger partial charge in [0, 0.05) is 13.7 Å². The minimum atomic E-state index is 0.804. The van der Waals surface area contributed by atoms with Crippen LogP contribution in [-0.4, -0.2) is 26.8 Å². The largest absolute Gasteiger partial charge is 0.383 e. The van der Waals surface area contributed by atoms with E-state index in [0.717, 1.165) is 19.7 Å². The highest BCUT2D eigenvalue weighted by Gasteiger charge is 1.92. The molecule has 0 saturated heterocycles. The Morgan fingerprint density at radius 3 is 3.08 bits per heavy atom. The van der Waals surface area contributed by atoms with Gasteiger partial charge in [0.2, 0.25) is 0 Å². The van der Waals surface area contributed by atoms with Crippen molar-refractivity contribution in [2.45, 2.75) is 12.8 Å². The molecular formula is C10H17NOS. The van der Waals surface area contributed by atoms with E-state index in [9.17, 15) is 0 Å². The molecule has 0 aliphatic carbocycles. The van der Waals surface area contributed by atoms with Crippen LogP contribution in [0.15, 0.2) is 16.8 Å². The minimum absolute atomic E-state index is 0.804. The van der Waals surface area contributed by atoms with Crippen LogP contribution in [0.3, 0.4) is 0 Å². The first-order chi connectivity index (χ1) is 6.43. The molecule has 0 aliphatic heterocycles. The van der Waals surface area contributed by atoms with Gasteiger partial charge in [-0.2, -0.15) is 11.3 Å². The molecule has 13 heavy (non-hydrogen) atoms. The standard InChI is InChI=1S/C10H17NOS/c1-12-7-6-11-5-2-3-10-4-8-13-9-10/h4,8-9,11H,2-3,5-7H2,1H3. The minimum Gasteiger partial charge on any atom is -0.383 e. The Morgan fingerprint density at radius 2 is 2.38 bits per heavy atom. The quantitative estimate of drug-likeness (QED) is 0.677. The molecule has 0 aliphatic rings. The van der Waals surface area contributed by atoms with E-state index in [1.54, 1.807) is 18.4 Å². The van der Waals surface area contributed by atoms with Crippen molar-refractivity contribution in [3.63, 3.8) is 0 Å². The SMILES string of the molecule is COCCNCCCc1ccsc1. The van der Waals surface area contributed by atoms with Gasteiger partial charge in [-0.25, -0.2) is 0 Å². The molecule has 1 aromatic heterocycles. The van der Waals surface area contributed by atoms with Crippen molar-refractivity contribution in [2.24, 2.45) is 0 Å². The Balaban J connectivity index is 1.90. The molecule has 0 aromatic carbocycles. The van der Waals surface area contributed by atoms with Gasteiger partial charge in [0.05, 0.1) is 6.61 Å². The Kier molecular flexibility index (Phi) is 5.81. The van der Waals surface area contributed by atoms with Crippen molar-refractivity contribution in [2.75, 3.05) is 26.8 Å². The molecule has 3 heteroatoms. The van der Waals surface area contributed by atoms with Crippen LogP contribution in [0.5, 0.6) is 0 Å². The van der Waals surface area contributed by atoms with Gasteiger partial charge in [-0.1, -0.05) is 0 Å². The third-order valence-corrected chi connectivity index (χ3v) is 2.61. The summed E-state index contributed by atoms with van der Waals surface area (Å²) in [5.74, 6) is 0. The fourth-order valence-electron chi connectivity index (χ4n) is 1.15. The van der Waals surface area contributed by atoms with Crippen LogP contribution in [0, 0.1) is 0 Å². The third-order valence-electron chi connectivity index (χ3n) is 1.88. The van der Waals surface area contributed by atoms with Crippen LogP contribution >= 0.6 is 11.3 Å². The van der Waals surface area contributed by atoms with Crippen molar-refractivity contribution in [3.8, 4) is 0 Å². The highest BCUT2D eigenvalue weighted by molar-refractivity contribution is 7.07. The van der Waals surface area contributed by atoms with Crippen LogP contribution in [0.2, 0.25) is 0 Å². The molecule has 0 saturated carbocycles. The average Bonchev–Trinajstić information content (AvgIpc) is 2.63. The Hall–Kier alpha value is -0.380. The molecule has 0 bridgehead atoms. The van der Waals surface area contributed by atoms with Crippen molar-refractivity contribution in [1.29, 1.82) is 0 Å². The van der Waals surface area contributed by atoms with Crippen molar-refractivity contribution >= 4 is 11.3 Å². The smallest absolute Gasteiger partial charge is 0.0587 e. The molecule has 1 aromatic rings. The fourth-order valence-corrected chi connectivity index (χ4v) is 1.85. The van der Waals surface area contributed by atoms with E-state index in [1.807, 2.05) is 0 Å². The van der Waals surface area contributed by atoms with Crippen LogP contribution < -0.4 is 5.32 Å². The molecule has 1 heterocycles. The number of hydrogen-bond donors (Lipinski definition) is 1. The summed E-state index contributed by atoms with van der Waals surface area (Å²) >= 11 is 1.77. The molecule has 0 unspecified atom stereocenters. The predicted molar refractivity (Wildman–Crippen MR) is 57.4 cm³/mol. The topological polar surface area (TPSA) is 21.3 Å². The Bertz CT molecular complexity index is 199. The van der Waals surface area contributed by atoms with E-state index < -0.39 is 0 Å². The van der Waals surface area contributed by atoms with Gasteiger partial charge in [0.25, 0.3) is 0 Å². The van der Waals surface area contributed by atoms with E-state index in [4.69, 9.17) is 4.74 Å². The van der Waals surface area contributed by atoms with Crippen LogP contribution in [0.1, 0.15) is 12.0 Å². The van der Waals surface area contributed by atoms with Crippen molar-refractivity contribution < 1.29 is 4.74 Å². The summed E-state index contributed by atoms with van der Waals surface area (Å²) in [5, 5.41) is 7.68. The zero-order valence-electron chi connectivity index (χ0n) is 8.08. The highest BCUT2D eigenvalue weighted by atomic mass is 32.1. The Morgan fingerprint density at radius 1 is 1.46 bits per heavy atom. The maximum Gasteiger partial charge on any atom is 0.0587 e. The van der Waals surface area contributed by atoms with Crippen LogP contribution in [-0.2, 0) is 11.2 Å². The van der Waals surface area contributed by atoms with Gasteiger partial charge in [0.1, 0.15) is 0 Å². The molecule has 1 rings (SSSR count). The summed E-state index contributed by atoms with van der Waals surface area (Å²) in [5.41, 5.74) is 1.46. The number of hydrogen-bond acceptors (Lipinski definition) is 3. The van der Waals surface area contributed by atoms with Gasteiger partial charge >= 0.3 is 0 Å². The number of aryl methyl sites for hydroxylation is 1. The van der Waals surface area contributed by atoms with E-state index in [2.05, 4.69) is 22.1 Å². The molecule has 0 amide bonds. The number of rotatable bonds is 7. The predicted octanol–water partition coefficient (Wildman–Crippen LogP) is 1.92. The van der Waals surface area contributed by atoms with E-state index in [-0.39, 0.29) is 0 Å². The summed E-state index contributed by atoms with van der Waals surface area (Å²) in [6, 6.07) is 2.19. The number of methoxy groups -OCH3 is 1. The summed E-state index contributed by atoms with van der Waals surface area (Å²) in [7, 11) is 1.73. The molecule has 0 radical (unpaired) electrons. The van der Waals surface area contributed by atoms with Gasteiger partial charge in [-0.3, -0.25) is 0 Å². The maximum atomic E-state index is 4.93. The van der Waals surface area contributed by atoms with E-state index >= 15 is 0 Å². The van der Waals surface area contributed by atoms with Crippen LogP contribution in [0.4, 0.5) is 0 Å². The van der Waals surface area contributed by atoms with E-state index in [1.165, 1.54) is 18.4 Å². The van der Waals surface area contributed by atoms with Crippen molar-refractivity contribution in [3.05, 3.63) is 22.4 Å². The fraction of sp³-hybridized carbons (Fsp3) is 0.600. The molecule has 1 N–H and O–H groups in total. The summed E-state index contributed by atoms with van der Waals surface area (Å²) in [6.45, 7) is 2.85.